The number of rotatable bonds is 4. The Kier molecular flexibility index (Phi) is 4.20. The van der Waals surface area contributed by atoms with E-state index in [-0.39, 0.29) is 0 Å². The SMILES string of the molecule is CC(C)c1noc(CN2CCN(c3nc4ccccc4s3)CC2)n1. The van der Waals surface area contributed by atoms with E-state index in [2.05, 4.69) is 52.0 Å². The normalized spacial score (nSPS) is 16.4. The summed E-state index contributed by atoms with van der Waals surface area (Å²) in [4.78, 5) is 14.0. The molecular weight excluding hydrogens is 322 g/mol. The van der Waals surface area contributed by atoms with Crippen LogP contribution in [0.4, 0.5) is 5.13 Å². The van der Waals surface area contributed by atoms with Gasteiger partial charge < -0.3 is 9.42 Å². The molecule has 0 aliphatic carbocycles. The molecule has 6 nitrogen and oxygen atoms in total. The van der Waals surface area contributed by atoms with Crippen LogP contribution in [0.2, 0.25) is 0 Å². The predicted octanol–water partition coefficient (Wildman–Crippen LogP) is 3.12. The molecule has 0 amide bonds. The van der Waals surface area contributed by atoms with Crippen LogP contribution >= 0.6 is 11.3 Å². The zero-order valence-corrected chi connectivity index (χ0v) is 14.8. The Morgan fingerprint density at radius 1 is 1.12 bits per heavy atom. The molecule has 0 bridgehead atoms. The molecule has 3 aromatic rings. The quantitative estimate of drug-likeness (QED) is 0.725. The molecule has 0 atom stereocenters. The molecule has 1 aliphatic rings. The average Bonchev–Trinajstić information content (AvgIpc) is 3.22. The van der Waals surface area contributed by atoms with Crippen molar-refractivity contribution in [2.75, 3.05) is 31.1 Å². The van der Waals surface area contributed by atoms with Crippen LogP contribution in [0.1, 0.15) is 31.5 Å². The van der Waals surface area contributed by atoms with Crippen molar-refractivity contribution in [1.82, 2.24) is 20.0 Å². The Balaban J connectivity index is 1.37. The van der Waals surface area contributed by atoms with Gasteiger partial charge in [0.25, 0.3) is 0 Å². The molecule has 0 unspecified atom stereocenters. The molecule has 0 N–H and O–H groups in total. The van der Waals surface area contributed by atoms with E-state index in [1.165, 1.54) is 4.70 Å². The lowest BCUT2D eigenvalue weighted by atomic mass is 10.2. The number of hydrogen-bond donors (Lipinski definition) is 0. The molecule has 7 heteroatoms. The van der Waals surface area contributed by atoms with Gasteiger partial charge in [0.1, 0.15) is 0 Å². The minimum absolute atomic E-state index is 0.304. The first kappa shape index (κ1) is 15.5. The molecule has 0 spiro atoms. The number of para-hydroxylation sites is 1. The van der Waals surface area contributed by atoms with Crippen LogP contribution < -0.4 is 4.90 Å². The third kappa shape index (κ3) is 3.14. The summed E-state index contributed by atoms with van der Waals surface area (Å²) in [6.45, 7) is 8.80. The zero-order valence-electron chi connectivity index (χ0n) is 14.0. The van der Waals surface area contributed by atoms with Gasteiger partial charge in [-0.25, -0.2) is 4.98 Å². The third-order valence-electron chi connectivity index (χ3n) is 4.28. The van der Waals surface area contributed by atoms with Gasteiger partial charge in [-0.2, -0.15) is 4.98 Å². The maximum Gasteiger partial charge on any atom is 0.240 e. The Hall–Kier alpha value is -1.99. The molecule has 1 aromatic carbocycles. The highest BCUT2D eigenvalue weighted by molar-refractivity contribution is 7.22. The van der Waals surface area contributed by atoms with Crippen molar-refractivity contribution in [3.05, 3.63) is 36.0 Å². The van der Waals surface area contributed by atoms with Crippen LogP contribution in [-0.2, 0) is 6.54 Å². The smallest absolute Gasteiger partial charge is 0.240 e. The van der Waals surface area contributed by atoms with Crippen molar-refractivity contribution < 1.29 is 4.52 Å². The molecule has 24 heavy (non-hydrogen) atoms. The van der Waals surface area contributed by atoms with Crippen molar-refractivity contribution in [2.45, 2.75) is 26.3 Å². The van der Waals surface area contributed by atoms with Gasteiger partial charge in [-0.1, -0.05) is 42.5 Å². The minimum atomic E-state index is 0.304. The number of aromatic nitrogens is 3. The molecule has 1 fully saturated rings. The van der Waals surface area contributed by atoms with Crippen molar-refractivity contribution in [1.29, 1.82) is 0 Å². The number of piperazine rings is 1. The summed E-state index contributed by atoms with van der Waals surface area (Å²) in [6, 6.07) is 8.32. The first-order chi connectivity index (χ1) is 11.7. The number of anilines is 1. The van der Waals surface area contributed by atoms with Crippen molar-refractivity contribution in [2.24, 2.45) is 0 Å². The molecule has 2 aromatic heterocycles. The van der Waals surface area contributed by atoms with Crippen LogP contribution in [0.3, 0.4) is 0 Å². The molecule has 126 valence electrons. The van der Waals surface area contributed by atoms with Crippen LogP contribution in [0.5, 0.6) is 0 Å². The predicted molar refractivity (Wildman–Crippen MR) is 95.5 cm³/mol. The van der Waals surface area contributed by atoms with Crippen molar-refractivity contribution in [3.8, 4) is 0 Å². The number of nitrogens with zero attached hydrogens (tertiary/aromatic N) is 5. The van der Waals surface area contributed by atoms with E-state index in [4.69, 9.17) is 9.51 Å². The molecular formula is C17H21N5OS. The highest BCUT2D eigenvalue weighted by Gasteiger charge is 2.21. The average molecular weight is 343 g/mol. The Morgan fingerprint density at radius 3 is 2.62 bits per heavy atom. The van der Waals surface area contributed by atoms with Gasteiger partial charge >= 0.3 is 0 Å². The lowest BCUT2D eigenvalue weighted by Crippen LogP contribution is -2.46. The zero-order chi connectivity index (χ0) is 16.5. The fourth-order valence-corrected chi connectivity index (χ4v) is 3.87. The summed E-state index contributed by atoms with van der Waals surface area (Å²) >= 11 is 1.77. The number of hydrogen-bond acceptors (Lipinski definition) is 7. The topological polar surface area (TPSA) is 58.3 Å². The largest absolute Gasteiger partial charge is 0.345 e. The minimum Gasteiger partial charge on any atom is -0.345 e. The van der Waals surface area contributed by atoms with Crippen LogP contribution in [0.15, 0.2) is 28.8 Å². The van der Waals surface area contributed by atoms with E-state index >= 15 is 0 Å². The number of thiazole rings is 1. The van der Waals surface area contributed by atoms with Crippen molar-refractivity contribution in [3.63, 3.8) is 0 Å². The molecule has 1 saturated heterocycles. The fraction of sp³-hybridized carbons (Fsp3) is 0.471. The maximum atomic E-state index is 5.35. The van der Waals surface area contributed by atoms with E-state index in [1.807, 2.05) is 6.07 Å². The summed E-state index contributed by atoms with van der Waals surface area (Å²) in [6.07, 6.45) is 0. The van der Waals surface area contributed by atoms with Gasteiger partial charge in [0.05, 0.1) is 16.8 Å². The van der Waals surface area contributed by atoms with E-state index in [0.717, 1.165) is 49.2 Å². The molecule has 4 rings (SSSR count). The number of benzene rings is 1. The van der Waals surface area contributed by atoms with E-state index in [0.29, 0.717) is 11.8 Å². The van der Waals surface area contributed by atoms with Crippen LogP contribution in [0, 0.1) is 0 Å². The molecule has 0 radical (unpaired) electrons. The molecule has 0 saturated carbocycles. The Bertz CT molecular complexity index is 786. The Labute approximate surface area is 145 Å². The standard InChI is InChI=1S/C17H21N5OS/c1-12(2)16-19-15(23-20-16)11-21-7-9-22(10-8-21)17-18-13-5-3-4-6-14(13)24-17/h3-6,12H,7-11H2,1-2H3. The maximum absolute atomic E-state index is 5.35. The van der Waals surface area contributed by atoms with Gasteiger partial charge in [0, 0.05) is 32.1 Å². The van der Waals surface area contributed by atoms with Gasteiger partial charge in [-0.05, 0) is 12.1 Å². The third-order valence-corrected chi connectivity index (χ3v) is 5.38. The summed E-state index contributed by atoms with van der Waals surface area (Å²) in [5, 5.41) is 5.16. The monoisotopic (exact) mass is 343 g/mol. The summed E-state index contributed by atoms with van der Waals surface area (Å²) in [5.74, 6) is 1.81. The second kappa shape index (κ2) is 6.49. The number of fused-ring (bicyclic) bond motifs is 1. The highest BCUT2D eigenvalue weighted by Crippen LogP contribution is 2.29. The first-order valence-electron chi connectivity index (χ1n) is 8.34. The second-order valence-corrected chi connectivity index (χ2v) is 7.44. The Morgan fingerprint density at radius 2 is 1.92 bits per heavy atom. The van der Waals surface area contributed by atoms with Crippen LogP contribution in [0.25, 0.3) is 10.2 Å². The van der Waals surface area contributed by atoms with Crippen LogP contribution in [-0.4, -0.2) is 46.2 Å². The molecule has 3 heterocycles. The lowest BCUT2D eigenvalue weighted by molar-refractivity contribution is 0.215. The summed E-state index contributed by atoms with van der Waals surface area (Å²) in [5.41, 5.74) is 1.09. The van der Waals surface area contributed by atoms with Gasteiger partial charge in [0.15, 0.2) is 11.0 Å². The van der Waals surface area contributed by atoms with E-state index in [9.17, 15) is 0 Å². The lowest BCUT2D eigenvalue weighted by Gasteiger charge is -2.33. The van der Waals surface area contributed by atoms with Gasteiger partial charge in [0.2, 0.25) is 5.89 Å². The fourth-order valence-electron chi connectivity index (χ4n) is 2.85. The van der Waals surface area contributed by atoms with Gasteiger partial charge in [-0.15, -0.1) is 0 Å². The van der Waals surface area contributed by atoms with E-state index in [1.54, 1.807) is 11.3 Å². The van der Waals surface area contributed by atoms with Crippen molar-refractivity contribution >= 4 is 26.7 Å². The summed E-state index contributed by atoms with van der Waals surface area (Å²) < 4.78 is 6.61. The highest BCUT2D eigenvalue weighted by atomic mass is 32.1. The molecule has 1 aliphatic heterocycles. The van der Waals surface area contributed by atoms with E-state index < -0.39 is 0 Å². The second-order valence-electron chi connectivity index (χ2n) is 6.43. The summed E-state index contributed by atoms with van der Waals surface area (Å²) in [7, 11) is 0. The first-order valence-corrected chi connectivity index (χ1v) is 9.16. The van der Waals surface area contributed by atoms with Gasteiger partial charge in [-0.3, -0.25) is 4.90 Å².